The zero-order valence-corrected chi connectivity index (χ0v) is 23.1. The van der Waals surface area contributed by atoms with Crippen molar-refractivity contribution in [2.75, 3.05) is 6.61 Å². The molecule has 1 atom stereocenters. The first-order chi connectivity index (χ1) is 18.0. The second-order valence-corrected chi connectivity index (χ2v) is 9.93. The van der Waals surface area contributed by atoms with Crippen molar-refractivity contribution in [3.63, 3.8) is 0 Å². The number of esters is 1. The third-order valence-corrected chi connectivity index (χ3v) is 6.27. The number of hydrogen-bond donors (Lipinski definition) is 2. The van der Waals surface area contributed by atoms with Crippen LogP contribution in [0.15, 0.2) is 42.5 Å². The number of halogens is 1. The molecule has 0 saturated heterocycles. The van der Waals surface area contributed by atoms with Crippen LogP contribution in [0.3, 0.4) is 0 Å². The summed E-state index contributed by atoms with van der Waals surface area (Å²) in [5.41, 5.74) is 10.6. The monoisotopic (exact) mass is 536 g/mol. The van der Waals surface area contributed by atoms with Gasteiger partial charge in [-0.3, -0.25) is 14.6 Å². The van der Waals surface area contributed by atoms with Crippen LogP contribution in [-0.4, -0.2) is 40.4 Å². The second kappa shape index (κ2) is 12.6. The standard InChI is InChI=1S/C29H33ClN4O4/c1-6-38-29(37)24(13-16(2)3)33-25(35)15-19-7-12-22(23(30)14-19)20-8-10-21(11-9-20)26-17(4)32-18(5)27(34-26)28(31)36/h7-12,14,16,24H,6,13,15H2,1-5H3,(H2,31,36)(H,33,35). The number of nitrogens with two attached hydrogens (primary N) is 1. The molecule has 2 aromatic carbocycles. The quantitative estimate of drug-likeness (QED) is 0.358. The van der Waals surface area contributed by atoms with Crippen molar-refractivity contribution in [1.29, 1.82) is 0 Å². The van der Waals surface area contributed by atoms with Gasteiger partial charge in [-0.1, -0.05) is 61.8 Å². The number of aromatic nitrogens is 2. The Morgan fingerprint density at radius 2 is 1.66 bits per heavy atom. The molecular weight excluding hydrogens is 504 g/mol. The van der Waals surface area contributed by atoms with E-state index in [9.17, 15) is 14.4 Å². The number of primary amides is 1. The van der Waals surface area contributed by atoms with Crippen molar-refractivity contribution >= 4 is 29.4 Å². The lowest BCUT2D eigenvalue weighted by Gasteiger charge is -2.19. The molecule has 0 aliphatic heterocycles. The van der Waals surface area contributed by atoms with Gasteiger partial charge in [0.25, 0.3) is 5.91 Å². The van der Waals surface area contributed by atoms with E-state index in [1.165, 1.54) is 0 Å². The molecule has 0 aliphatic carbocycles. The third-order valence-electron chi connectivity index (χ3n) is 5.96. The van der Waals surface area contributed by atoms with Crippen LogP contribution in [-0.2, 0) is 20.7 Å². The van der Waals surface area contributed by atoms with E-state index in [0.29, 0.717) is 28.5 Å². The van der Waals surface area contributed by atoms with Crippen LogP contribution in [0, 0.1) is 19.8 Å². The smallest absolute Gasteiger partial charge is 0.328 e. The molecule has 0 radical (unpaired) electrons. The summed E-state index contributed by atoms with van der Waals surface area (Å²) in [5.74, 6) is -1.10. The number of benzene rings is 2. The summed E-state index contributed by atoms with van der Waals surface area (Å²) >= 11 is 6.59. The lowest BCUT2D eigenvalue weighted by atomic mass is 9.99. The molecule has 1 aromatic heterocycles. The topological polar surface area (TPSA) is 124 Å². The molecule has 1 heterocycles. The fourth-order valence-electron chi connectivity index (χ4n) is 4.21. The molecule has 3 rings (SSSR count). The highest BCUT2D eigenvalue weighted by atomic mass is 35.5. The van der Waals surface area contributed by atoms with Gasteiger partial charge in [0.1, 0.15) is 11.7 Å². The fourth-order valence-corrected chi connectivity index (χ4v) is 4.52. The second-order valence-electron chi connectivity index (χ2n) is 9.53. The minimum atomic E-state index is -0.684. The molecule has 3 aromatic rings. The summed E-state index contributed by atoms with van der Waals surface area (Å²) in [7, 11) is 0. The summed E-state index contributed by atoms with van der Waals surface area (Å²) in [5, 5.41) is 3.29. The van der Waals surface area contributed by atoms with E-state index in [1.54, 1.807) is 19.9 Å². The number of carbonyl (C=O) groups excluding carboxylic acids is 3. The molecule has 38 heavy (non-hydrogen) atoms. The molecule has 0 spiro atoms. The van der Waals surface area contributed by atoms with Gasteiger partial charge in [-0.2, -0.15) is 0 Å². The summed E-state index contributed by atoms with van der Waals surface area (Å²) in [6.45, 7) is 9.49. The maximum Gasteiger partial charge on any atom is 0.328 e. The molecule has 3 N–H and O–H groups in total. The Kier molecular flexibility index (Phi) is 9.58. The molecule has 9 heteroatoms. The van der Waals surface area contributed by atoms with Gasteiger partial charge in [0.15, 0.2) is 0 Å². The molecule has 200 valence electrons. The van der Waals surface area contributed by atoms with E-state index in [1.807, 2.05) is 57.2 Å². The normalized spacial score (nSPS) is 11.8. The van der Waals surface area contributed by atoms with Crippen molar-refractivity contribution < 1.29 is 19.1 Å². The lowest BCUT2D eigenvalue weighted by Crippen LogP contribution is -2.43. The van der Waals surface area contributed by atoms with Gasteiger partial charge in [0.05, 0.1) is 30.1 Å². The number of nitrogens with one attached hydrogen (secondary N) is 1. The summed E-state index contributed by atoms with van der Waals surface area (Å²) in [4.78, 5) is 45.4. The van der Waals surface area contributed by atoms with Gasteiger partial charge in [0.2, 0.25) is 5.91 Å². The van der Waals surface area contributed by atoms with E-state index in [2.05, 4.69) is 15.3 Å². The molecule has 0 saturated carbocycles. The van der Waals surface area contributed by atoms with Gasteiger partial charge in [-0.15, -0.1) is 0 Å². The maximum atomic E-state index is 12.7. The Morgan fingerprint density at radius 3 is 2.24 bits per heavy atom. The van der Waals surface area contributed by atoms with Gasteiger partial charge >= 0.3 is 5.97 Å². The predicted octanol–water partition coefficient (Wildman–Crippen LogP) is 4.82. The first-order valence-corrected chi connectivity index (χ1v) is 12.9. The van der Waals surface area contributed by atoms with Crippen LogP contribution < -0.4 is 11.1 Å². The van der Waals surface area contributed by atoms with E-state index < -0.39 is 17.9 Å². The minimum absolute atomic E-state index is 0.0838. The maximum absolute atomic E-state index is 12.7. The summed E-state index contributed by atoms with van der Waals surface area (Å²) in [6, 6.07) is 12.3. The summed E-state index contributed by atoms with van der Waals surface area (Å²) in [6.07, 6.45) is 0.582. The average molecular weight is 537 g/mol. The van der Waals surface area contributed by atoms with Crippen LogP contribution >= 0.6 is 11.6 Å². The van der Waals surface area contributed by atoms with Crippen LogP contribution in [0.1, 0.15) is 54.6 Å². The van der Waals surface area contributed by atoms with Crippen molar-refractivity contribution in [1.82, 2.24) is 15.3 Å². The average Bonchev–Trinajstić information content (AvgIpc) is 2.83. The van der Waals surface area contributed by atoms with Crippen molar-refractivity contribution in [2.24, 2.45) is 11.7 Å². The SMILES string of the molecule is CCOC(=O)C(CC(C)C)NC(=O)Cc1ccc(-c2ccc(-c3nc(C(N)=O)c(C)nc3C)cc2)c(Cl)c1. The Morgan fingerprint density at radius 1 is 1.00 bits per heavy atom. The Labute approximate surface area is 228 Å². The highest BCUT2D eigenvalue weighted by Crippen LogP contribution is 2.31. The Balaban J connectivity index is 1.76. The number of amides is 2. The third kappa shape index (κ3) is 7.16. The number of carbonyl (C=O) groups is 3. The van der Waals surface area contributed by atoms with Crippen molar-refractivity contribution in [3.8, 4) is 22.4 Å². The van der Waals surface area contributed by atoms with E-state index in [4.69, 9.17) is 22.1 Å². The van der Waals surface area contributed by atoms with Crippen LogP contribution in [0.2, 0.25) is 5.02 Å². The largest absolute Gasteiger partial charge is 0.464 e. The first-order valence-electron chi connectivity index (χ1n) is 12.5. The molecular formula is C29H33ClN4O4. The van der Waals surface area contributed by atoms with Gasteiger partial charge in [-0.25, -0.2) is 9.78 Å². The molecule has 0 fully saturated rings. The van der Waals surface area contributed by atoms with Crippen LogP contribution in [0.5, 0.6) is 0 Å². The van der Waals surface area contributed by atoms with Gasteiger partial charge in [0, 0.05) is 16.1 Å². The molecule has 1 unspecified atom stereocenters. The first kappa shape index (κ1) is 28.8. The highest BCUT2D eigenvalue weighted by molar-refractivity contribution is 6.33. The zero-order chi connectivity index (χ0) is 28.0. The molecule has 0 aliphatic rings. The minimum Gasteiger partial charge on any atom is -0.464 e. The van der Waals surface area contributed by atoms with Crippen LogP contribution in [0.25, 0.3) is 22.4 Å². The van der Waals surface area contributed by atoms with E-state index in [0.717, 1.165) is 22.3 Å². The van der Waals surface area contributed by atoms with E-state index in [-0.39, 0.29) is 30.5 Å². The number of ether oxygens (including phenoxy) is 1. The molecule has 8 nitrogen and oxygen atoms in total. The predicted molar refractivity (Wildman–Crippen MR) is 148 cm³/mol. The fraction of sp³-hybridized carbons (Fsp3) is 0.345. The number of rotatable bonds is 10. The van der Waals surface area contributed by atoms with Crippen LogP contribution in [0.4, 0.5) is 0 Å². The van der Waals surface area contributed by atoms with Crippen molar-refractivity contribution in [3.05, 3.63) is 70.1 Å². The zero-order valence-electron chi connectivity index (χ0n) is 22.3. The number of hydrogen-bond acceptors (Lipinski definition) is 6. The Hall–Kier alpha value is -3.78. The summed E-state index contributed by atoms with van der Waals surface area (Å²) < 4.78 is 5.10. The molecule has 2 amide bonds. The Bertz CT molecular complexity index is 1340. The van der Waals surface area contributed by atoms with Gasteiger partial charge < -0.3 is 15.8 Å². The van der Waals surface area contributed by atoms with Gasteiger partial charge in [-0.05, 0) is 50.3 Å². The van der Waals surface area contributed by atoms with E-state index >= 15 is 0 Å². The molecule has 0 bridgehead atoms. The number of nitrogens with zero attached hydrogens (tertiary/aromatic N) is 2. The highest BCUT2D eigenvalue weighted by Gasteiger charge is 2.23. The lowest BCUT2D eigenvalue weighted by molar-refractivity contribution is -0.147. The van der Waals surface area contributed by atoms with Crippen molar-refractivity contribution in [2.45, 2.75) is 53.5 Å². The number of aryl methyl sites for hydroxylation is 2.